The molecule has 3 rings (SSSR count). The molecule has 6 nitrogen and oxygen atoms in total. The molecule has 0 amide bonds. The number of hydrogen-bond acceptors (Lipinski definition) is 6. The molecule has 1 aliphatic carbocycles. The number of carbonyl (C=O) groups excluding carboxylic acids is 2. The second-order valence-electron chi connectivity index (χ2n) is 5.68. The summed E-state index contributed by atoms with van der Waals surface area (Å²) in [5, 5.41) is 19.9. The molecule has 2 N–H and O–H groups in total. The van der Waals surface area contributed by atoms with Crippen LogP contribution in [0.25, 0.3) is 0 Å². The first-order chi connectivity index (χ1) is 11.9. The Hall–Kier alpha value is -2.88. The van der Waals surface area contributed by atoms with Gasteiger partial charge in [-0.05, 0) is 36.8 Å². The van der Waals surface area contributed by atoms with Crippen LogP contribution >= 0.6 is 0 Å². The Morgan fingerprint density at radius 2 is 1.35 bits per heavy atom. The average molecular weight is 386 g/mol. The number of sulfone groups is 1. The van der Waals surface area contributed by atoms with Crippen LogP contribution in [0.2, 0.25) is 0 Å². The Morgan fingerprint density at radius 1 is 0.846 bits per heavy atom. The van der Waals surface area contributed by atoms with E-state index in [2.05, 4.69) is 0 Å². The number of alkyl halides is 3. The lowest BCUT2D eigenvalue weighted by atomic mass is 9.82. The zero-order valence-electron chi connectivity index (χ0n) is 12.9. The van der Waals surface area contributed by atoms with Crippen molar-refractivity contribution >= 4 is 21.4 Å². The second kappa shape index (κ2) is 5.31. The number of halogens is 3. The highest BCUT2D eigenvalue weighted by Gasteiger charge is 2.48. The van der Waals surface area contributed by atoms with Crippen LogP contribution in [0.5, 0.6) is 11.5 Å². The first-order valence-electron chi connectivity index (χ1n) is 6.97. The Kier molecular flexibility index (Phi) is 3.66. The quantitative estimate of drug-likeness (QED) is 0.665. The van der Waals surface area contributed by atoms with Gasteiger partial charge in [0, 0.05) is 11.1 Å². The van der Waals surface area contributed by atoms with Gasteiger partial charge in [-0.2, -0.15) is 13.2 Å². The van der Waals surface area contributed by atoms with Crippen LogP contribution in [-0.2, 0) is 9.84 Å². The minimum absolute atomic E-state index is 0.253. The standard InChI is InChI=1S/C16H9F3O6S/c1-6-2-8-12(10(20)3-6)15(23)13-9(14(8)22)4-7(5-11(13)21)26(24,25)16(17,18)19/h2-5,20-21H,1H3. The number of carbonyl (C=O) groups is 2. The summed E-state index contributed by atoms with van der Waals surface area (Å²) in [6.07, 6.45) is 0. The van der Waals surface area contributed by atoms with E-state index in [4.69, 9.17) is 0 Å². The van der Waals surface area contributed by atoms with Crippen molar-refractivity contribution in [3.8, 4) is 11.5 Å². The fourth-order valence-electron chi connectivity index (χ4n) is 2.76. The van der Waals surface area contributed by atoms with Crippen LogP contribution in [-0.4, -0.2) is 35.7 Å². The van der Waals surface area contributed by atoms with Gasteiger partial charge in [-0.1, -0.05) is 0 Å². The summed E-state index contributed by atoms with van der Waals surface area (Å²) < 4.78 is 61.4. The number of phenolic OH excluding ortho intramolecular Hbond substituents is 2. The highest BCUT2D eigenvalue weighted by molar-refractivity contribution is 7.92. The van der Waals surface area contributed by atoms with E-state index in [0.717, 1.165) is 0 Å². The molecule has 2 aromatic carbocycles. The molecule has 0 heterocycles. The first kappa shape index (κ1) is 17.9. The van der Waals surface area contributed by atoms with E-state index in [0.29, 0.717) is 11.6 Å². The van der Waals surface area contributed by atoms with Crippen molar-refractivity contribution in [2.24, 2.45) is 0 Å². The molecule has 10 heteroatoms. The fourth-order valence-corrected chi connectivity index (χ4v) is 3.57. The van der Waals surface area contributed by atoms with Crippen LogP contribution in [0.15, 0.2) is 29.2 Å². The maximum Gasteiger partial charge on any atom is 0.501 e. The molecule has 0 unspecified atom stereocenters. The molecule has 0 aromatic heterocycles. The predicted molar refractivity (Wildman–Crippen MR) is 81.1 cm³/mol. The zero-order chi connectivity index (χ0) is 19.6. The third-order valence-electron chi connectivity index (χ3n) is 3.91. The summed E-state index contributed by atoms with van der Waals surface area (Å²) in [4.78, 5) is 23.8. The van der Waals surface area contributed by atoms with Crippen LogP contribution in [0.1, 0.15) is 37.4 Å². The van der Waals surface area contributed by atoms with Gasteiger partial charge >= 0.3 is 5.51 Å². The Bertz CT molecular complexity index is 1100. The number of fused-ring (bicyclic) bond motifs is 2. The monoisotopic (exact) mass is 386 g/mol. The lowest BCUT2D eigenvalue weighted by Crippen LogP contribution is -2.26. The largest absolute Gasteiger partial charge is 0.507 e. The number of aromatic hydroxyl groups is 2. The van der Waals surface area contributed by atoms with Gasteiger partial charge in [0.15, 0.2) is 5.78 Å². The van der Waals surface area contributed by atoms with Crippen molar-refractivity contribution in [2.75, 3.05) is 0 Å². The molecule has 1 aliphatic rings. The molecule has 0 saturated carbocycles. The third-order valence-corrected chi connectivity index (χ3v) is 5.38. The molecule has 0 radical (unpaired) electrons. The number of ketones is 2. The van der Waals surface area contributed by atoms with Crippen molar-refractivity contribution in [1.29, 1.82) is 0 Å². The summed E-state index contributed by atoms with van der Waals surface area (Å²) in [6, 6.07) is 3.10. The molecule has 0 fully saturated rings. The van der Waals surface area contributed by atoms with Gasteiger partial charge in [-0.3, -0.25) is 9.59 Å². The van der Waals surface area contributed by atoms with Crippen LogP contribution < -0.4 is 0 Å². The minimum atomic E-state index is -5.84. The molecule has 26 heavy (non-hydrogen) atoms. The molecule has 0 aliphatic heterocycles. The topological polar surface area (TPSA) is 109 Å². The smallest absolute Gasteiger partial charge is 0.501 e. The number of rotatable bonds is 1. The number of hydrogen-bond donors (Lipinski definition) is 2. The Morgan fingerprint density at radius 3 is 1.88 bits per heavy atom. The van der Waals surface area contributed by atoms with Crippen molar-refractivity contribution in [3.05, 3.63) is 52.1 Å². The molecule has 0 saturated heterocycles. The van der Waals surface area contributed by atoms with Gasteiger partial charge in [0.1, 0.15) is 11.5 Å². The van der Waals surface area contributed by atoms with E-state index < -0.39 is 60.0 Å². The molecule has 0 bridgehead atoms. The Balaban J connectivity index is 2.34. The number of benzene rings is 2. The van der Waals surface area contributed by atoms with E-state index in [1.807, 2.05) is 0 Å². The van der Waals surface area contributed by atoms with E-state index in [1.54, 1.807) is 0 Å². The van der Waals surface area contributed by atoms with E-state index in [-0.39, 0.29) is 11.6 Å². The van der Waals surface area contributed by atoms with Crippen LogP contribution in [0.4, 0.5) is 13.2 Å². The lowest BCUT2D eigenvalue weighted by molar-refractivity contribution is -0.0436. The van der Waals surface area contributed by atoms with Crippen molar-refractivity contribution in [2.45, 2.75) is 17.3 Å². The Labute approximate surface area is 144 Å². The van der Waals surface area contributed by atoms with Gasteiger partial charge in [-0.15, -0.1) is 0 Å². The van der Waals surface area contributed by atoms with Gasteiger partial charge in [-0.25, -0.2) is 8.42 Å². The van der Waals surface area contributed by atoms with Crippen molar-refractivity contribution < 1.29 is 41.4 Å². The van der Waals surface area contributed by atoms with Crippen molar-refractivity contribution in [1.82, 2.24) is 0 Å². The SMILES string of the molecule is Cc1cc(O)c2c(c1)C(=O)c1cc(S(=O)(=O)C(F)(F)F)cc(O)c1C2=O. The predicted octanol–water partition coefficient (Wildman–Crippen LogP) is 2.48. The van der Waals surface area contributed by atoms with E-state index in [1.165, 1.54) is 19.1 Å². The number of aryl methyl sites for hydroxylation is 1. The molecule has 2 aromatic rings. The second-order valence-corrected chi connectivity index (χ2v) is 7.62. The van der Waals surface area contributed by atoms with Gasteiger partial charge in [0.05, 0.1) is 16.0 Å². The number of phenols is 2. The van der Waals surface area contributed by atoms with Gasteiger partial charge in [0.2, 0.25) is 5.78 Å². The summed E-state index contributed by atoms with van der Waals surface area (Å²) in [5.41, 5.74) is -7.30. The molecule has 136 valence electrons. The normalized spacial score (nSPS) is 14.2. The lowest BCUT2D eigenvalue weighted by Gasteiger charge is -2.21. The van der Waals surface area contributed by atoms with E-state index >= 15 is 0 Å². The zero-order valence-corrected chi connectivity index (χ0v) is 13.7. The third kappa shape index (κ3) is 2.37. The van der Waals surface area contributed by atoms with Gasteiger partial charge < -0.3 is 10.2 Å². The summed E-state index contributed by atoms with van der Waals surface area (Å²) in [6.45, 7) is 1.51. The summed E-state index contributed by atoms with van der Waals surface area (Å²) in [7, 11) is -5.84. The van der Waals surface area contributed by atoms with Crippen LogP contribution in [0, 0.1) is 6.92 Å². The summed E-state index contributed by atoms with van der Waals surface area (Å²) in [5.74, 6) is -3.62. The van der Waals surface area contributed by atoms with Gasteiger partial charge in [0.25, 0.3) is 9.84 Å². The maximum atomic E-state index is 12.7. The first-order valence-corrected chi connectivity index (χ1v) is 8.46. The molecular weight excluding hydrogens is 377 g/mol. The summed E-state index contributed by atoms with van der Waals surface area (Å²) >= 11 is 0. The van der Waals surface area contributed by atoms with E-state index in [9.17, 15) is 41.4 Å². The van der Waals surface area contributed by atoms with Crippen LogP contribution in [0.3, 0.4) is 0 Å². The highest BCUT2D eigenvalue weighted by atomic mass is 32.2. The molecular formula is C16H9F3O6S. The minimum Gasteiger partial charge on any atom is -0.507 e. The maximum absolute atomic E-state index is 12.7. The fraction of sp³-hybridized carbons (Fsp3) is 0.125. The van der Waals surface area contributed by atoms with Crippen molar-refractivity contribution in [3.63, 3.8) is 0 Å². The molecule has 0 spiro atoms. The highest BCUT2D eigenvalue weighted by Crippen LogP contribution is 2.40. The molecule has 0 atom stereocenters. The average Bonchev–Trinajstić information content (AvgIpc) is 2.49.